The molecule has 1 aromatic carbocycles. The molecule has 1 aliphatic rings. The zero-order chi connectivity index (χ0) is 17.8. The molecule has 7 heteroatoms. The molecule has 0 aliphatic carbocycles. The van der Waals surface area contributed by atoms with Crippen LogP contribution < -0.4 is 14.8 Å². The van der Waals surface area contributed by atoms with Gasteiger partial charge in [-0.15, -0.1) is 0 Å². The highest BCUT2D eigenvalue weighted by molar-refractivity contribution is 5.80. The van der Waals surface area contributed by atoms with E-state index in [0.717, 1.165) is 11.4 Å². The molecule has 3 rings (SSSR count). The van der Waals surface area contributed by atoms with Gasteiger partial charge in [-0.25, -0.2) is 0 Å². The molecule has 0 unspecified atom stereocenters. The highest BCUT2D eigenvalue weighted by Gasteiger charge is 2.39. The van der Waals surface area contributed by atoms with E-state index in [9.17, 15) is 4.79 Å². The van der Waals surface area contributed by atoms with Crippen molar-refractivity contribution in [3.05, 3.63) is 42.2 Å². The molecule has 0 spiro atoms. The molecule has 134 valence electrons. The summed E-state index contributed by atoms with van der Waals surface area (Å²) in [4.78, 5) is 13.9. The monoisotopic (exact) mass is 344 g/mol. The second kappa shape index (κ2) is 7.57. The SMILES string of the molecule is COc1ccccc1OCCN[C@@H]1CC(=O)N(C)[C@H]1c1ccnn1C. The van der Waals surface area contributed by atoms with Crippen LogP contribution in [0.15, 0.2) is 36.5 Å². The minimum Gasteiger partial charge on any atom is -0.493 e. The molecule has 1 saturated heterocycles. The number of carbonyl (C=O) groups excluding carboxylic acids is 1. The van der Waals surface area contributed by atoms with Crippen molar-refractivity contribution < 1.29 is 14.3 Å². The Balaban J connectivity index is 1.58. The van der Waals surface area contributed by atoms with Crippen molar-refractivity contribution in [2.24, 2.45) is 7.05 Å². The van der Waals surface area contributed by atoms with Gasteiger partial charge in [0.15, 0.2) is 11.5 Å². The van der Waals surface area contributed by atoms with Crippen LogP contribution in [0.3, 0.4) is 0 Å². The second-order valence-electron chi connectivity index (χ2n) is 6.09. The minimum absolute atomic E-state index is 0.0220. The summed E-state index contributed by atoms with van der Waals surface area (Å²) in [5, 5.41) is 7.67. The van der Waals surface area contributed by atoms with Crippen molar-refractivity contribution in [1.29, 1.82) is 0 Å². The largest absolute Gasteiger partial charge is 0.493 e. The van der Waals surface area contributed by atoms with E-state index in [1.165, 1.54) is 0 Å². The number of aryl methyl sites for hydroxylation is 1. The standard InChI is InChI=1S/C18H24N4O3/c1-21-17(23)12-13(18(21)14-8-9-20-22(14)2)19-10-11-25-16-7-5-4-6-15(16)24-3/h4-9,13,18-19H,10-12H2,1-3H3/t13-,18-/m1/s1. The number of carbonyl (C=O) groups is 1. The third-order valence-corrected chi connectivity index (χ3v) is 4.58. The van der Waals surface area contributed by atoms with E-state index in [2.05, 4.69) is 10.4 Å². The number of amides is 1. The van der Waals surface area contributed by atoms with Crippen molar-refractivity contribution in [2.45, 2.75) is 18.5 Å². The predicted octanol–water partition coefficient (Wildman–Crippen LogP) is 1.37. The number of methoxy groups -OCH3 is 1. The molecule has 25 heavy (non-hydrogen) atoms. The summed E-state index contributed by atoms with van der Waals surface area (Å²) >= 11 is 0. The first-order valence-corrected chi connectivity index (χ1v) is 8.34. The van der Waals surface area contributed by atoms with Crippen LogP contribution in [0.4, 0.5) is 0 Å². The van der Waals surface area contributed by atoms with Crippen LogP contribution >= 0.6 is 0 Å². The fourth-order valence-electron chi connectivity index (χ4n) is 3.27. The number of benzene rings is 1. The Kier molecular flexibility index (Phi) is 5.23. The average molecular weight is 344 g/mol. The number of nitrogens with one attached hydrogen (secondary N) is 1. The molecule has 7 nitrogen and oxygen atoms in total. The van der Waals surface area contributed by atoms with Gasteiger partial charge in [-0.3, -0.25) is 9.48 Å². The van der Waals surface area contributed by atoms with Crippen LogP contribution in [0.25, 0.3) is 0 Å². The zero-order valence-electron chi connectivity index (χ0n) is 14.8. The van der Waals surface area contributed by atoms with E-state index in [-0.39, 0.29) is 18.0 Å². The van der Waals surface area contributed by atoms with Gasteiger partial charge >= 0.3 is 0 Å². The van der Waals surface area contributed by atoms with Crippen LogP contribution in [-0.2, 0) is 11.8 Å². The second-order valence-corrected chi connectivity index (χ2v) is 6.09. The van der Waals surface area contributed by atoms with Crippen molar-refractivity contribution in [1.82, 2.24) is 20.0 Å². The van der Waals surface area contributed by atoms with E-state index in [1.54, 1.807) is 18.2 Å². The molecule has 1 N–H and O–H groups in total. The maximum Gasteiger partial charge on any atom is 0.224 e. The third kappa shape index (κ3) is 3.61. The Labute approximate surface area is 147 Å². The number of ether oxygens (including phenoxy) is 2. The number of aromatic nitrogens is 2. The molecule has 1 amide bonds. The van der Waals surface area contributed by atoms with Gasteiger partial charge in [0.05, 0.1) is 18.8 Å². The summed E-state index contributed by atoms with van der Waals surface area (Å²) in [6.45, 7) is 1.13. The number of hydrogen-bond acceptors (Lipinski definition) is 5. The Morgan fingerprint density at radius 3 is 2.68 bits per heavy atom. The molecule has 1 aliphatic heterocycles. The Hall–Kier alpha value is -2.54. The normalized spacial score (nSPS) is 20.1. The summed E-state index contributed by atoms with van der Waals surface area (Å²) in [5.41, 5.74) is 1.02. The van der Waals surface area contributed by atoms with Crippen LogP contribution in [0.2, 0.25) is 0 Å². The summed E-state index contributed by atoms with van der Waals surface area (Å²) in [7, 11) is 5.36. The average Bonchev–Trinajstić information content (AvgIpc) is 3.15. The van der Waals surface area contributed by atoms with E-state index in [0.29, 0.717) is 25.3 Å². The first kappa shape index (κ1) is 17.3. The lowest BCUT2D eigenvalue weighted by Gasteiger charge is -2.25. The molecule has 0 saturated carbocycles. The molecular formula is C18H24N4O3. The maximum atomic E-state index is 12.1. The molecule has 2 heterocycles. The van der Waals surface area contributed by atoms with Gasteiger partial charge in [-0.1, -0.05) is 12.1 Å². The predicted molar refractivity (Wildman–Crippen MR) is 93.6 cm³/mol. The van der Waals surface area contributed by atoms with Crippen molar-refractivity contribution >= 4 is 5.91 Å². The number of nitrogens with zero attached hydrogens (tertiary/aromatic N) is 3. The lowest BCUT2D eigenvalue weighted by Crippen LogP contribution is -2.38. The highest BCUT2D eigenvalue weighted by Crippen LogP contribution is 2.31. The lowest BCUT2D eigenvalue weighted by atomic mass is 10.1. The van der Waals surface area contributed by atoms with Crippen LogP contribution in [-0.4, -0.2) is 53.9 Å². The molecule has 2 aromatic rings. The molecule has 0 bridgehead atoms. The Bertz CT molecular complexity index is 731. The molecule has 2 atom stereocenters. The number of para-hydroxylation sites is 2. The first-order chi connectivity index (χ1) is 12.1. The summed E-state index contributed by atoms with van der Waals surface area (Å²) in [5.74, 6) is 1.56. The summed E-state index contributed by atoms with van der Waals surface area (Å²) in [6, 6.07) is 9.53. The van der Waals surface area contributed by atoms with E-state index in [4.69, 9.17) is 9.47 Å². The minimum atomic E-state index is -0.0220. The van der Waals surface area contributed by atoms with Crippen molar-refractivity contribution in [2.75, 3.05) is 27.3 Å². The fraction of sp³-hybridized carbons (Fsp3) is 0.444. The molecule has 1 aromatic heterocycles. The Morgan fingerprint density at radius 1 is 1.24 bits per heavy atom. The van der Waals surface area contributed by atoms with Crippen LogP contribution in [0.5, 0.6) is 11.5 Å². The van der Waals surface area contributed by atoms with Crippen LogP contribution in [0.1, 0.15) is 18.2 Å². The summed E-state index contributed by atoms with van der Waals surface area (Å²) in [6.07, 6.45) is 2.23. The number of likely N-dealkylation sites (tertiary alicyclic amines) is 1. The van der Waals surface area contributed by atoms with Gasteiger partial charge in [0.2, 0.25) is 5.91 Å². The lowest BCUT2D eigenvalue weighted by molar-refractivity contribution is -0.127. The quantitative estimate of drug-likeness (QED) is 0.769. The highest BCUT2D eigenvalue weighted by atomic mass is 16.5. The topological polar surface area (TPSA) is 68.6 Å². The van der Waals surface area contributed by atoms with Crippen molar-refractivity contribution in [3.8, 4) is 11.5 Å². The first-order valence-electron chi connectivity index (χ1n) is 8.34. The van der Waals surface area contributed by atoms with Gasteiger partial charge < -0.3 is 19.7 Å². The van der Waals surface area contributed by atoms with E-state index < -0.39 is 0 Å². The molecule has 0 radical (unpaired) electrons. The maximum absolute atomic E-state index is 12.1. The molecule has 1 fully saturated rings. The van der Waals surface area contributed by atoms with Gasteiger partial charge in [-0.05, 0) is 18.2 Å². The van der Waals surface area contributed by atoms with Gasteiger partial charge in [0.25, 0.3) is 0 Å². The fourth-order valence-corrected chi connectivity index (χ4v) is 3.27. The smallest absolute Gasteiger partial charge is 0.224 e. The van der Waals surface area contributed by atoms with Gasteiger partial charge in [0.1, 0.15) is 6.61 Å². The number of likely N-dealkylation sites (N-methyl/N-ethyl adjacent to an activating group) is 1. The number of hydrogen-bond donors (Lipinski definition) is 1. The Morgan fingerprint density at radius 2 is 2.00 bits per heavy atom. The van der Waals surface area contributed by atoms with Crippen LogP contribution in [0, 0.1) is 0 Å². The summed E-state index contributed by atoms with van der Waals surface area (Å²) < 4.78 is 12.9. The molecular weight excluding hydrogens is 320 g/mol. The van der Waals surface area contributed by atoms with E-state index in [1.807, 2.05) is 49.1 Å². The van der Waals surface area contributed by atoms with Crippen molar-refractivity contribution in [3.63, 3.8) is 0 Å². The third-order valence-electron chi connectivity index (χ3n) is 4.58. The number of rotatable bonds is 7. The van der Waals surface area contributed by atoms with Gasteiger partial charge in [0, 0.05) is 39.3 Å². The van der Waals surface area contributed by atoms with Gasteiger partial charge in [-0.2, -0.15) is 5.10 Å². The van der Waals surface area contributed by atoms with E-state index >= 15 is 0 Å². The zero-order valence-corrected chi connectivity index (χ0v) is 14.8.